The van der Waals surface area contributed by atoms with Crippen LogP contribution in [0.1, 0.15) is 5.56 Å². The van der Waals surface area contributed by atoms with Crippen LogP contribution in [-0.4, -0.2) is 15.3 Å². The lowest BCUT2D eigenvalue weighted by Gasteiger charge is -2.02. The molecule has 0 amide bonds. The number of halogens is 1. The Bertz CT molecular complexity index is 747. The highest BCUT2D eigenvalue weighted by Gasteiger charge is 2.09. The van der Waals surface area contributed by atoms with Gasteiger partial charge in [-0.05, 0) is 42.8 Å². The smallest absolute Gasteiger partial charge is 0.125 e. The number of aromatic hydroxyl groups is 1. The average molecular weight is 285 g/mol. The summed E-state index contributed by atoms with van der Waals surface area (Å²) in [7, 11) is 0. The molecule has 1 heterocycles. The Hall–Kier alpha value is -2.26. The number of aromatic amines is 1. The van der Waals surface area contributed by atoms with E-state index in [2.05, 4.69) is 10.2 Å². The minimum Gasteiger partial charge on any atom is -0.507 e. The topological polar surface area (TPSA) is 48.9 Å². The first-order chi connectivity index (χ1) is 9.63. The second kappa shape index (κ2) is 5.02. The normalized spacial score (nSPS) is 10.7. The highest BCUT2D eigenvalue weighted by molar-refractivity contribution is 6.30. The minimum atomic E-state index is 0.247. The Balaban J connectivity index is 1.99. The molecule has 0 saturated heterocycles. The van der Waals surface area contributed by atoms with Gasteiger partial charge in [0.2, 0.25) is 0 Å². The van der Waals surface area contributed by atoms with Crippen LogP contribution in [0.2, 0.25) is 5.02 Å². The first-order valence-electron chi connectivity index (χ1n) is 6.25. The predicted octanol–water partition coefficient (Wildman–Crippen LogP) is 4.41. The molecule has 0 unspecified atom stereocenters. The maximum absolute atomic E-state index is 10.00. The van der Waals surface area contributed by atoms with E-state index in [1.54, 1.807) is 6.07 Å². The van der Waals surface area contributed by atoms with Gasteiger partial charge in [0.1, 0.15) is 5.75 Å². The molecule has 2 N–H and O–H groups in total. The molecule has 0 aliphatic rings. The number of rotatable bonds is 2. The molecule has 2 aromatic carbocycles. The van der Waals surface area contributed by atoms with Crippen LogP contribution in [0.4, 0.5) is 0 Å². The van der Waals surface area contributed by atoms with Gasteiger partial charge in [0.05, 0.1) is 11.4 Å². The van der Waals surface area contributed by atoms with Gasteiger partial charge < -0.3 is 5.11 Å². The Kier molecular flexibility index (Phi) is 3.20. The largest absolute Gasteiger partial charge is 0.507 e. The van der Waals surface area contributed by atoms with Gasteiger partial charge in [-0.25, -0.2) is 0 Å². The highest BCUT2D eigenvalue weighted by atomic mass is 35.5. The summed E-state index contributed by atoms with van der Waals surface area (Å²) in [5, 5.41) is 17.9. The molecule has 3 rings (SSSR count). The molecule has 0 atom stereocenters. The monoisotopic (exact) mass is 284 g/mol. The fourth-order valence-corrected chi connectivity index (χ4v) is 2.22. The second-order valence-electron chi connectivity index (χ2n) is 4.69. The van der Waals surface area contributed by atoms with Crippen LogP contribution in [0.3, 0.4) is 0 Å². The number of nitrogens with zero attached hydrogens (tertiary/aromatic N) is 1. The van der Waals surface area contributed by atoms with Crippen molar-refractivity contribution in [1.29, 1.82) is 0 Å². The van der Waals surface area contributed by atoms with Crippen molar-refractivity contribution in [2.45, 2.75) is 6.92 Å². The van der Waals surface area contributed by atoms with Gasteiger partial charge >= 0.3 is 0 Å². The van der Waals surface area contributed by atoms with Gasteiger partial charge in [0, 0.05) is 16.1 Å². The summed E-state index contributed by atoms with van der Waals surface area (Å²) in [6.45, 7) is 1.94. The van der Waals surface area contributed by atoms with Crippen molar-refractivity contribution in [1.82, 2.24) is 10.2 Å². The first-order valence-corrected chi connectivity index (χ1v) is 6.62. The van der Waals surface area contributed by atoms with Gasteiger partial charge in [-0.15, -0.1) is 0 Å². The molecule has 20 heavy (non-hydrogen) atoms. The van der Waals surface area contributed by atoms with Crippen LogP contribution in [0.15, 0.2) is 48.5 Å². The molecular formula is C16H13ClN2O. The van der Waals surface area contributed by atoms with E-state index in [0.29, 0.717) is 5.02 Å². The first kappa shape index (κ1) is 12.8. The standard InChI is InChI=1S/C16H13ClN2O/c1-10-2-7-13(16(20)8-10)15-9-14(18-19-15)11-3-5-12(17)6-4-11/h2-9,20H,1H3,(H,18,19). The van der Waals surface area contributed by atoms with E-state index in [9.17, 15) is 5.11 Å². The van der Waals surface area contributed by atoms with Crippen LogP contribution in [0.5, 0.6) is 5.75 Å². The van der Waals surface area contributed by atoms with Gasteiger partial charge in [-0.2, -0.15) is 5.10 Å². The van der Waals surface area contributed by atoms with Crippen molar-refractivity contribution in [3.63, 3.8) is 0 Å². The zero-order valence-corrected chi connectivity index (χ0v) is 11.6. The maximum atomic E-state index is 10.00. The SMILES string of the molecule is Cc1ccc(-c2cc(-c3ccc(Cl)cc3)n[nH]2)c(O)c1. The molecule has 3 aromatic rings. The zero-order valence-electron chi connectivity index (χ0n) is 10.9. The molecule has 3 nitrogen and oxygen atoms in total. The lowest BCUT2D eigenvalue weighted by molar-refractivity contribution is 0.476. The van der Waals surface area contributed by atoms with Crippen LogP contribution >= 0.6 is 11.6 Å². The summed E-state index contributed by atoms with van der Waals surface area (Å²) in [4.78, 5) is 0. The average Bonchev–Trinajstić information content (AvgIpc) is 2.89. The molecule has 0 fully saturated rings. The number of hydrogen-bond acceptors (Lipinski definition) is 2. The summed E-state index contributed by atoms with van der Waals surface area (Å²) in [6, 6.07) is 15.0. The number of hydrogen-bond donors (Lipinski definition) is 2. The molecular weight excluding hydrogens is 272 g/mol. The van der Waals surface area contributed by atoms with E-state index in [-0.39, 0.29) is 5.75 Å². The number of nitrogens with one attached hydrogen (secondary N) is 1. The molecule has 0 aliphatic heterocycles. The van der Waals surface area contributed by atoms with E-state index >= 15 is 0 Å². The number of aromatic nitrogens is 2. The lowest BCUT2D eigenvalue weighted by Crippen LogP contribution is -1.80. The molecule has 4 heteroatoms. The van der Waals surface area contributed by atoms with Crippen LogP contribution < -0.4 is 0 Å². The van der Waals surface area contributed by atoms with E-state index in [1.165, 1.54) is 0 Å². The molecule has 0 radical (unpaired) electrons. The number of H-pyrrole nitrogens is 1. The molecule has 0 spiro atoms. The molecule has 1 aromatic heterocycles. The van der Waals surface area contributed by atoms with Crippen molar-refractivity contribution in [3.8, 4) is 28.3 Å². The highest BCUT2D eigenvalue weighted by Crippen LogP contribution is 2.31. The van der Waals surface area contributed by atoms with Gasteiger partial charge in [-0.3, -0.25) is 5.10 Å². The molecule has 100 valence electrons. The fraction of sp³-hybridized carbons (Fsp3) is 0.0625. The van der Waals surface area contributed by atoms with Crippen molar-refractivity contribution < 1.29 is 5.11 Å². The third-order valence-corrected chi connectivity index (χ3v) is 3.41. The summed E-state index contributed by atoms with van der Waals surface area (Å²) in [5.74, 6) is 0.247. The van der Waals surface area contributed by atoms with E-state index < -0.39 is 0 Å². The van der Waals surface area contributed by atoms with Crippen molar-refractivity contribution >= 4 is 11.6 Å². The number of aryl methyl sites for hydroxylation is 1. The number of phenolic OH excluding ortho intramolecular Hbond substituents is 1. The molecule has 0 saturated carbocycles. The van der Waals surface area contributed by atoms with Crippen molar-refractivity contribution in [3.05, 3.63) is 59.1 Å². The van der Waals surface area contributed by atoms with Gasteiger partial charge in [0.25, 0.3) is 0 Å². The summed E-state index contributed by atoms with van der Waals surface area (Å²) < 4.78 is 0. The summed E-state index contributed by atoms with van der Waals surface area (Å²) in [5.41, 5.74) is 4.33. The van der Waals surface area contributed by atoms with E-state index in [0.717, 1.165) is 28.1 Å². The van der Waals surface area contributed by atoms with Gasteiger partial charge in [0.15, 0.2) is 0 Å². The Morgan fingerprint density at radius 2 is 1.80 bits per heavy atom. The predicted molar refractivity (Wildman–Crippen MR) is 80.9 cm³/mol. The summed E-state index contributed by atoms with van der Waals surface area (Å²) in [6.07, 6.45) is 0. The minimum absolute atomic E-state index is 0.247. The van der Waals surface area contributed by atoms with Crippen molar-refractivity contribution in [2.75, 3.05) is 0 Å². The zero-order chi connectivity index (χ0) is 14.1. The third kappa shape index (κ3) is 2.40. The fourth-order valence-electron chi connectivity index (χ4n) is 2.10. The quantitative estimate of drug-likeness (QED) is 0.732. The second-order valence-corrected chi connectivity index (χ2v) is 5.13. The lowest BCUT2D eigenvalue weighted by atomic mass is 10.1. The van der Waals surface area contributed by atoms with Crippen molar-refractivity contribution in [2.24, 2.45) is 0 Å². The number of phenols is 1. The van der Waals surface area contributed by atoms with Crippen LogP contribution in [0.25, 0.3) is 22.5 Å². The third-order valence-electron chi connectivity index (χ3n) is 3.16. The van der Waals surface area contributed by atoms with Crippen LogP contribution in [-0.2, 0) is 0 Å². The Morgan fingerprint density at radius 1 is 1.05 bits per heavy atom. The molecule has 0 aliphatic carbocycles. The molecule has 0 bridgehead atoms. The number of benzene rings is 2. The Morgan fingerprint density at radius 3 is 2.50 bits per heavy atom. The Labute approximate surface area is 121 Å². The van der Waals surface area contributed by atoms with Gasteiger partial charge in [-0.1, -0.05) is 29.8 Å². The van der Waals surface area contributed by atoms with Crippen LogP contribution in [0, 0.1) is 6.92 Å². The summed E-state index contributed by atoms with van der Waals surface area (Å²) >= 11 is 5.87. The van der Waals surface area contributed by atoms with E-state index in [1.807, 2.05) is 49.4 Å². The maximum Gasteiger partial charge on any atom is 0.125 e. The van der Waals surface area contributed by atoms with E-state index in [4.69, 9.17) is 11.6 Å².